The van der Waals surface area contributed by atoms with Gasteiger partial charge in [-0.15, -0.1) is 11.8 Å². The van der Waals surface area contributed by atoms with E-state index in [1.807, 2.05) is 18.2 Å². The Kier molecular flexibility index (Phi) is 4.45. The number of rotatable bonds is 1. The summed E-state index contributed by atoms with van der Waals surface area (Å²) in [5.41, 5.74) is 2.28. The van der Waals surface area contributed by atoms with Gasteiger partial charge >= 0.3 is 0 Å². The first kappa shape index (κ1) is 19.6. The summed E-state index contributed by atoms with van der Waals surface area (Å²) in [5.74, 6) is 0.150. The molecule has 3 aromatic rings. The van der Waals surface area contributed by atoms with E-state index in [-0.39, 0.29) is 24.1 Å². The quantitative estimate of drug-likeness (QED) is 0.617. The second-order valence-corrected chi connectivity index (χ2v) is 9.68. The first-order valence-electron chi connectivity index (χ1n) is 10.7. The van der Waals surface area contributed by atoms with Crippen molar-refractivity contribution in [2.75, 3.05) is 24.8 Å². The molecule has 1 spiro atoms. The molecule has 1 aromatic heterocycles. The van der Waals surface area contributed by atoms with E-state index in [2.05, 4.69) is 35.3 Å². The predicted molar refractivity (Wildman–Crippen MR) is 122 cm³/mol. The summed E-state index contributed by atoms with van der Waals surface area (Å²) in [6, 6.07) is 17.9. The van der Waals surface area contributed by atoms with E-state index < -0.39 is 16.6 Å². The Balaban J connectivity index is 1.64. The van der Waals surface area contributed by atoms with Crippen LogP contribution in [-0.2, 0) is 10.5 Å². The molecule has 3 aliphatic heterocycles. The molecule has 32 heavy (non-hydrogen) atoms. The van der Waals surface area contributed by atoms with Crippen molar-refractivity contribution in [2.45, 2.75) is 23.1 Å². The third kappa shape index (κ3) is 2.77. The summed E-state index contributed by atoms with van der Waals surface area (Å²) in [7, 11) is 0. The number of pyridine rings is 1. The maximum atomic E-state index is 13.6. The highest BCUT2D eigenvalue weighted by atomic mass is 32.2. The van der Waals surface area contributed by atoms with Gasteiger partial charge in [-0.3, -0.25) is 19.3 Å². The summed E-state index contributed by atoms with van der Waals surface area (Å²) < 4.78 is 7.36. The Morgan fingerprint density at radius 1 is 1.03 bits per heavy atom. The van der Waals surface area contributed by atoms with Gasteiger partial charge in [0.25, 0.3) is 0 Å². The van der Waals surface area contributed by atoms with Crippen molar-refractivity contribution in [1.29, 1.82) is 0 Å². The minimum Gasteiger partial charge on any atom is -0.503 e. The monoisotopic (exact) mass is 446 g/mol. The van der Waals surface area contributed by atoms with Crippen molar-refractivity contribution < 1.29 is 14.6 Å². The second kappa shape index (κ2) is 7.25. The number of nitrogens with zero attached hydrogens (tertiary/aromatic N) is 2. The number of thioether (sulfide) groups is 1. The summed E-state index contributed by atoms with van der Waals surface area (Å²) in [6.45, 7) is 1.22. The lowest BCUT2D eigenvalue weighted by Crippen LogP contribution is -2.56. The molecule has 3 aliphatic rings. The van der Waals surface area contributed by atoms with Gasteiger partial charge in [0.15, 0.2) is 17.2 Å². The maximum absolute atomic E-state index is 13.6. The lowest BCUT2D eigenvalue weighted by molar-refractivity contribution is 0.0688. The minimum atomic E-state index is -0.783. The summed E-state index contributed by atoms with van der Waals surface area (Å²) in [5, 5.41) is 12.8. The van der Waals surface area contributed by atoms with E-state index in [0.717, 1.165) is 16.9 Å². The van der Waals surface area contributed by atoms with Crippen molar-refractivity contribution in [3.8, 4) is 5.75 Å². The van der Waals surface area contributed by atoms with Gasteiger partial charge in [0.2, 0.25) is 5.43 Å². The maximum Gasteiger partial charge on any atom is 0.224 e. The van der Waals surface area contributed by atoms with Crippen LogP contribution in [-0.4, -0.2) is 35.3 Å². The summed E-state index contributed by atoms with van der Waals surface area (Å²) in [4.78, 5) is 27.1. The molecule has 6 nitrogen and oxygen atoms in total. The molecular weight excluding hydrogens is 424 g/mol. The molecule has 2 unspecified atom stereocenters. The number of ketones is 1. The number of benzene rings is 2. The van der Waals surface area contributed by atoms with Gasteiger partial charge in [-0.25, -0.2) is 0 Å². The first-order valence-corrected chi connectivity index (χ1v) is 11.7. The van der Waals surface area contributed by atoms with Gasteiger partial charge in [0.1, 0.15) is 0 Å². The molecule has 0 saturated carbocycles. The van der Waals surface area contributed by atoms with E-state index in [4.69, 9.17) is 4.74 Å². The van der Waals surface area contributed by atoms with E-state index in [1.54, 1.807) is 22.6 Å². The van der Waals surface area contributed by atoms with Crippen LogP contribution in [0.1, 0.15) is 39.6 Å². The van der Waals surface area contributed by atoms with E-state index in [9.17, 15) is 14.7 Å². The van der Waals surface area contributed by atoms with E-state index in [0.29, 0.717) is 19.6 Å². The predicted octanol–water partition coefficient (Wildman–Crippen LogP) is 3.49. The van der Waals surface area contributed by atoms with Crippen molar-refractivity contribution in [2.24, 2.45) is 5.41 Å². The standard InChI is InChI=1S/C25H22N2O4S/c28-19-9-11-26-22(23(19)29)24(30)25(10-12-31-15-25)14-27(26)21-17-6-2-1-5-16(17)13-32-20-8-4-3-7-18(20)21/h1-9,11,21,29H,10,12-15H2. The molecule has 0 bridgehead atoms. The van der Waals surface area contributed by atoms with Crippen LogP contribution < -0.4 is 10.4 Å². The van der Waals surface area contributed by atoms with Crippen LogP contribution in [0.3, 0.4) is 0 Å². The summed E-state index contributed by atoms with van der Waals surface area (Å²) in [6.07, 6.45) is 2.18. The van der Waals surface area contributed by atoms with Crippen molar-refractivity contribution in [3.05, 3.63) is 93.4 Å². The Bertz CT molecular complexity index is 1250. The largest absolute Gasteiger partial charge is 0.503 e. The third-order valence-corrected chi connectivity index (χ3v) is 7.98. The molecule has 0 amide bonds. The topological polar surface area (TPSA) is 71.8 Å². The molecule has 162 valence electrons. The fourth-order valence-corrected chi connectivity index (χ4v) is 6.29. The minimum absolute atomic E-state index is 0.0566. The Morgan fingerprint density at radius 2 is 1.81 bits per heavy atom. The van der Waals surface area contributed by atoms with E-state index in [1.165, 1.54) is 16.5 Å². The van der Waals surface area contributed by atoms with Crippen LogP contribution in [0.5, 0.6) is 5.75 Å². The van der Waals surface area contributed by atoms with Crippen LogP contribution in [0.2, 0.25) is 0 Å². The fourth-order valence-electron chi connectivity index (χ4n) is 5.19. The molecule has 4 heterocycles. The number of carbonyl (C=O) groups excluding carboxylic acids is 1. The molecular formula is C25H22N2O4S. The van der Waals surface area contributed by atoms with E-state index >= 15 is 0 Å². The van der Waals surface area contributed by atoms with Crippen molar-refractivity contribution >= 4 is 17.5 Å². The highest BCUT2D eigenvalue weighted by molar-refractivity contribution is 7.98. The summed E-state index contributed by atoms with van der Waals surface area (Å²) >= 11 is 1.80. The second-order valence-electron chi connectivity index (χ2n) is 8.66. The lowest BCUT2D eigenvalue weighted by Gasteiger charge is -2.46. The van der Waals surface area contributed by atoms with Crippen LogP contribution >= 0.6 is 11.8 Å². The number of aromatic hydroxyl groups is 1. The van der Waals surface area contributed by atoms with Gasteiger partial charge in [-0.1, -0.05) is 42.5 Å². The molecule has 0 aliphatic carbocycles. The molecule has 1 N–H and O–H groups in total. The molecule has 1 fully saturated rings. The molecule has 2 atom stereocenters. The Labute approximate surface area is 189 Å². The Hall–Kier alpha value is -3.03. The number of hydrogen-bond donors (Lipinski definition) is 1. The normalized spacial score (nSPS) is 24.1. The van der Waals surface area contributed by atoms with Crippen LogP contribution in [0.4, 0.5) is 0 Å². The van der Waals surface area contributed by atoms with Gasteiger partial charge in [0, 0.05) is 29.5 Å². The third-order valence-electron chi connectivity index (χ3n) is 6.84. The zero-order valence-electron chi connectivity index (χ0n) is 17.4. The van der Waals surface area contributed by atoms with Crippen LogP contribution in [0.15, 0.2) is 70.5 Å². The van der Waals surface area contributed by atoms with Gasteiger partial charge in [-0.05, 0) is 29.2 Å². The fraction of sp³-hybridized carbons (Fsp3) is 0.280. The molecule has 6 rings (SSSR count). The number of aromatic nitrogens is 1. The van der Waals surface area contributed by atoms with Gasteiger partial charge in [-0.2, -0.15) is 0 Å². The zero-order chi connectivity index (χ0) is 21.9. The SMILES string of the molecule is O=C1c2c(O)c(=O)ccn2N(C2c3ccccc3CSc3ccccc32)CC12CCOC2. The highest BCUT2D eigenvalue weighted by Gasteiger charge is 2.51. The van der Waals surface area contributed by atoms with Gasteiger partial charge in [0.05, 0.1) is 24.6 Å². The smallest absolute Gasteiger partial charge is 0.224 e. The average molecular weight is 447 g/mol. The van der Waals surface area contributed by atoms with Gasteiger partial charge < -0.3 is 9.84 Å². The van der Waals surface area contributed by atoms with Crippen LogP contribution in [0.25, 0.3) is 0 Å². The number of ether oxygens (including phenoxy) is 1. The zero-order valence-corrected chi connectivity index (χ0v) is 18.2. The lowest BCUT2D eigenvalue weighted by atomic mass is 9.78. The molecule has 0 radical (unpaired) electrons. The average Bonchev–Trinajstić information content (AvgIpc) is 3.22. The first-order chi connectivity index (χ1) is 15.6. The van der Waals surface area contributed by atoms with Crippen molar-refractivity contribution in [1.82, 2.24) is 4.68 Å². The number of fused-ring (bicyclic) bond motifs is 3. The van der Waals surface area contributed by atoms with Crippen molar-refractivity contribution in [3.63, 3.8) is 0 Å². The number of hydrogen-bond acceptors (Lipinski definition) is 6. The number of Topliss-reactive ketones (excluding diaryl/α,β-unsaturated/α-hetero) is 1. The molecule has 1 saturated heterocycles. The number of carbonyl (C=O) groups is 1. The molecule has 2 aromatic carbocycles. The molecule has 7 heteroatoms. The van der Waals surface area contributed by atoms with Crippen LogP contribution in [0, 0.1) is 5.41 Å². The Morgan fingerprint density at radius 3 is 2.62 bits per heavy atom. The highest BCUT2D eigenvalue weighted by Crippen LogP contribution is 2.46.